The average molecular weight is 388 g/mol. The van der Waals surface area contributed by atoms with Gasteiger partial charge in [0.25, 0.3) is 0 Å². The summed E-state index contributed by atoms with van der Waals surface area (Å²) in [5.41, 5.74) is 2.73. The van der Waals surface area contributed by atoms with Gasteiger partial charge < -0.3 is 14.8 Å². The number of nitrogens with one attached hydrogen (secondary N) is 1. The number of hydrogen-bond donors (Lipinski definition) is 1. The number of rotatable bonds is 1. The Labute approximate surface area is 147 Å². The van der Waals surface area contributed by atoms with Crippen molar-refractivity contribution in [3.05, 3.63) is 63.9 Å². The molecule has 0 unspecified atom stereocenters. The predicted octanol–water partition coefficient (Wildman–Crippen LogP) is 5.14. The molecule has 0 bridgehead atoms. The van der Waals surface area contributed by atoms with Crippen molar-refractivity contribution in [2.45, 2.75) is 18.4 Å². The lowest BCUT2D eigenvalue weighted by Gasteiger charge is -2.38. The van der Waals surface area contributed by atoms with Crippen LogP contribution in [0.3, 0.4) is 0 Å². The van der Waals surface area contributed by atoms with Crippen molar-refractivity contribution in [2.24, 2.45) is 5.92 Å². The van der Waals surface area contributed by atoms with Crippen LogP contribution in [-0.4, -0.2) is 6.79 Å². The van der Waals surface area contributed by atoms with Gasteiger partial charge in [0.05, 0.1) is 11.7 Å². The fourth-order valence-corrected chi connectivity index (χ4v) is 4.63. The third kappa shape index (κ3) is 2.00. The highest BCUT2D eigenvalue weighted by Gasteiger charge is 2.40. The SMILES string of the molecule is Fc1cccc2c1N[C@H](c1cc3c(cc1Br)OCO3)[C@H]1CC=C[C@@H]21. The summed E-state index contributed by atoms with van der Waals surface area (Å²) in [7, 11) is 0. The molecule has 1 N–H and O–H groups in total. The Morgan fingerprint density at radius 3 is 2.83 bits per heavy atom. The van der Waals surface area contributed by atoms with E-state index in [-0.39, 0.29) is 24.6 Å². The van der Waals surface area contributed by atoms with E-state index in [1.54, 1.807) is 6.07 Å². The van der Waals surface area contributed by atoms with Crippen molar-refractivity contribution in [1.82, 2.24) is 0 Å². The van der Waals surface area contributed by atoms with Crippen LogP contribution in [0.2, 0.25) is 0 Å². The van der Waals surface area contributed by atoms with Crippen LogP contribution in [0.1, 0.15) is 29.5 Å². The summed E-state index contributed by atoms with van der Waals surface area (Å²) >= 11 is 3.65. The second-order valence-electron chi connectivity index (χ2n) is 6.41. The number of para-hydroxylation sites is 1. The van der Waals surface area contributed by atoms with Crippen LogP contribution in [-0.2, 0) is 0 Å². The maximum atomic E-state index is 14.4. The Kier molecular flexibility index (Phi) is 3.13. The largest absolute Gasteiger partial charge is 0.454 e. The molecule has 0 radical (unpaired) electrons. The molecule has 2 heterocycles. The van der Waals surface area contributed by atoms with Gasteiger partial charge >= 0.3 is 0 Å². The van der Waals surface area contributed by atoms with E-state index in [0.717, 1.165) is 33.5 Å². The maximum Gasteiger partial charge on any atom is 0.231 e. The van der Waals surface area contributed by atoms with Crippen LogP contribution in [0, 0.1) is 11.7 Å². The second kappa shape index (κ2) is 5.24. The molecular weight excluding hydrogens is 373 g/mol. The minimum Gasteiger partial charge on any atom is -0.454 e. The summed E-state index contributed by atoms with van der Waals surface area (Å²) in [6.07, 6.45) is 5.38. The fraction of sp³-hybridized carbons (Fsp3) is 0.263. The standard InChI is InChI=1S/C19H15BrFNO2/c20-14-8-17-16(23-9-24-17)7-13(14)18-11-4-1-3-10(11)12-5-2-6-15(21)19(12)22-18/h1-3,5-8,10-11,18,22H,4,9H2/t10-,11+,18+/m1/s1. The van der Waals surface area contributed by atoms with Crippen LogP contribution in [0.15, 0.2) is 47.0 Å². The molecule has 5 heteroatoms. The minimum absolute atomic E-state index is 0.0123. The summed E-state index contributed by atoms with van der Waals surface area (Å²) in [5.74, 6) is 1.88. The van der Waals surface area contributed by atoms with E-state index in [2.05, 4.69) is 33.4 Å². The zero-order chi connectivity index (χ0) is 16.3. The van der Waals surface area contributed by atoms with E-state index in [4.69, 9.17) is 9.47 Å². The monoisotopic (exact) mass is 387 g/mol. The van der Waals surface area contributed by atoms with Crippen molar-refractivity contribution >= 4 is 21.6 Å². The first kappa shape index (κ1) is 14.3. The van der Waals surface area contributed by atoms with Gasteiger partial charge in [0.1, 0.15) is 5.82 Å². The molecule has 2 aliphatic heterocycles. The molecule has 0 saturated carbocycles. The van der Waals surface area contributed by atoms with Gasteiger partial charge in [-0.15, -0.1) is 0 Å². The molecular formula is C19H15BrFNO2. The first-order valence-corrected chi connectivity index (χ1v) is 8.82. The van der Waals surface area contributed by atoms with E-state index in [1.807, 2.05) is 18.2 Å². The highest BCUT2D eigenvalue weighted by molar-refractivity contribution is 9.10. The molecule has 3 atom stereocenters. The van der Waals surface area contributed by atoms with Crippen LogP contribution in [0.5, 0.6) is 11.5 Å². The number of allylic oxidation sites excluding steroid dienone is 2. The van der Waals surface area contributed by atoms with Gasteiger partial charge in [-0.1, -0.05) is 40.2 Å². The predicted molar refractivity (Wildman–Crippen MR) is 93.0 cm³/mol. The first-order chi connectivity index (χ1) is 11.7. The minimum atomic E-state index is -0.201. The Morgan fingerprint density at radius 1 is 1.12 bits per heavy atom. The van der Waals surface area contributed by atoms with Gasteiger partial charge in [0.2, 0.25) is 6.79 Å². The van der Waals surface area contributed by atoms with E-state index in [1.165, 1.54) is 6.07 Å². The zero-order valence-electron chi connectivity index (χ0n) is 12.8. The average Bonchev–Trinajstić information content (AvgIpc) is 3.22. The van der Waals surface area contributed by atoms with Crippen molar-refractivity contribution in [1.29, 1.82) is 0 Å². The highest BCUT2D eigenvalue weighted by atomic mass is 79.9. The number of anilines is 1. The molecule has 2 aromatic carbocycles. The fourth-order valence-electron chi connectivity index (χ4n) is 4.06. The normalized spacial score (nSPS) is 26.0. The van der Waals surface area contributed by atoms with Gasteiger partial charge in [0, 0.05) is 10.4 Å². The second-order valence-corrected chi connectivity index (χ2v) is 7.26. The zero-order valence-corrected chi connectivity index (χ0v) is 14.3. The Balaban J connectivity index is 1.64. The number of hydrogen-bond acceptors (Lipinski definition) is 3. The van der Waals surface area contributed by atoms with E-state index in [0.29, 0.717) is 11.6 Å². The smallest absolute Gasteiger partial charge is 0.231 e. The quantitative estimate of drug-likeness (QED) is 0.686. The summed E-state index contributed by atoms with van der Waals surface area (Å²) < 4.78 is 26.3. The number of ether oxygens (including phenoxy) is 2. The van der Waals surface area contributed by atoms with Crippen molar-refractivity contribution in [2.75, 3.05) is 12.1 Å². The van der Waals surface area contributed by atoms with E-state index < -0.39 is 0 Å². The van der Waals surface area contributed by atoms with E-state index in [9.17, 15) is 4.39 Å². The number of halogens is 2. The van der Waals surface area contributed by atoms with Crippen molar-refractivity contribution in [3.8, 4) is 11.5 Å². The van der Waals surface area contributed by atoms with Crippen molar-refractivity contribution < 1.29 is 13.9 Å². The third-order valence-electron chi connectivity index (χ3n) is 5.17. The first-order valence-electron chi connectivity index (χ1n) is 8.03. The molecule has 0 aromatic heterocycles. The van der Waals surface area contributed by atoms with Gasteiger partial charge in [0.15, 0.2) is 11.5 Å². The third-order valence-corrected chi connectivity index (χ3v) is 5.86. The van der Waals surface area contributed by atoms with Crippen LogP contribution in [0.25, 0.3) is 0 Å². The summed E-state index contributed by atoms with van der Waals surface area (Å²) in [5, 5.41) is 3.44. The Bertz CT molecular complexity index is 867. The molecule has 122 valence electrons. The van der Waals surface area contributed by atoms with Gasteiger partial charge in [-0.3, -0.25) is 0 Å². The molecule has 24 heavy (non-hydrogen) atoms. The van der Waals surface area contributed by atoms with Crippen LogP contribution < -0.4 is 14.8 Å². The number of fused-ring (bicyclic) bond motifs is 4. The molecule has 3 aliphatic rings. The van der Waals surface area contributed by atoms with Gasteiger partial charge in [-0.05, 0) is 41.7 Å². The lowest BCUT2D eigenvalue weighted by molar-refractivity contribution is 0.174. The van der Waals surface area contributed by atoms with Gasteiger partial charge in [-0.2, -0.15) is 0 Å². The van der Waals surface area contributed by atoms with Crippen molar-refractivity contribution in [3.63, 3.8) is 0 Å². The number of benzene rings is 2. The summed E-state index contributed by atoms with van der Waals surface area (Å²) in [6, 6.07) is 9.27. The summed E-state index contributed by atoms with van der Waals surface area (Å²) in [6.45, 7) is 0.244. The molecule has 3 nitrogen and oxygen atoms in total. The Morgan fingerprint density at radius 2 is 1.96 bits per heavy atom. The van der Waals surface area contributed by atoms with Gasteiger partial charge in [-0.25, -0.2) is 4.39 Å². The highest BCUT2D eigenvalue weighted by Crippen LogP contribution is 2.52. The Hall–Kier alpha value is -2.01. The maximum absolute atomic E-state index is 14.4. The molecule has 2 aromatic rings. The molecule has 0 spiro atoms. The summed E-state index contributed by atoms with van der Waals surface area (Å²) in [4.78, 5) is 0. The molecule has 0 fully saturated rings. The lowest BCUT2D eigenvalue weighted by Crippen LogP contribution is -2.30. The lowest BCUT2D eigenvalue weighted by atomic mass is 9.77. The van der Waals surface area contributed by atoms with E-state index >= 15 is 0 Å². The topological polar surface area (TPSA) is 30.5 Å². The molecule has 1 aliphatic carbocycles. The molecule has 0 saturated heterocycles. The van der Waals surface area contributed by atoms with Crippen LogP contribution >= 0.6 is 15.9 Å². The molecule has 5 rings (SSSR count). The van der Waals surface area contributed by atoms with Crippen LogP contribution in [0.4, 0.5) is 10.1 Å². The molecule has 0 amide bonds.